The zero-order valence-corrected chi connectivity index (χ0v) is 17.5. The predicted molar refractivity (Wildman–Crippen MR) is 110 cm³/mol. The number of pyridine rings is 1. The van der Waals surface area contributed by atoms with E-state index in [0.29, 0.717) is 12.1 Å². The van der Waals surface area contributed by atoms with Crippen molar-refractivity contribution in [2.45, 2.75) is 12.4 Å². The number of amides is 1. The van der Waals surface area contributed by atoms with E-state index in [2.05, 4.69) is 4.98 Å². The maximum absolute atomic E-state index is 14.7. The standard InChI is InChI=1S/C23H11F8N3O2/c24-13-4-1-11(2-5-13)20(35)12-3-8-17-32-16(10-34(17)9-12)14-6-7-15(22(26,27)28)18(25)19(14)33-21(36)23(29,30)31/h1-10H,(H,33,36). The molecule has 1 N–H and O–H groups in total. The van der Waals surface area contributed by atoms with Crippen molar-refractivity contribution >= 4 is 23.0 Å². The molecule has 0 bridgehead atoms. The fourth-order valence-corrected chi connectivity index (χ4v) is 3.34. The van der Waals surface area contributed by atoms with Crippen molar-refractivity contribution < 1.29 is 44.7 Å². The van der Waals surface area contributed by atoms with E-state index in [4.69, 9.17) is 0 Å². The highest BCUT2D eigenvalue weighted by molar-refractivity contribution is 6.09. The quantitative estimate of drug-likeness (QED) is 0.268. The van der Waals surface area contributed by atoms with E-state index in [0.717, 1.165) is 23.6 Å². The van der Waals surface area contributed by atoms with Crippen LogP contribution in [0.4, 0.5) is 40.8 Å². The summed E-state index contributed by atoms with van der Waals surface area (Å²) in [7, 11) is 0. The minimum absolute atomic E-state index is 0.0993. The number of hydrogen-bond acceptors (Lipinski definition) is 3. The number of benzene rings is 2. The largest absolute Gasteiger partial charge is 0.471 e. The Hall–Kier alpha value is -4.29. The number of hydrogen-bond donors (Lipinski definition) is 1. The first kappa shape index (κ1) is 24.8. The molecule has 36 heavy (non-hydrogen) atoms. The molecule has 0 saturated carbocycles. The lowest BCUT2D eigenvalue weighted by Gasteiger charge is -2.16. The first-order valence-electron chi connectivity index (χ1n) is 9.83. The van der Waals surface area contributed by atoms with Gasteiger partial charge in [-0.25, -0.2) is 13.8 Å². The van der Waals surface area contributed by atoms with Crippen molar-refractivity contribution in [1.82, 2.24) is 9.38 Å². The van der Waals surface area contributed by atoms with Crippen LogP contribution in [0, 0.1) is 11.6 Å². The molecule has 0 atom stereocenters. The number of alkyl halides is 6. The highest BCUT2D eigenvalue weighted by Gasteiger charge is 2.41. The maximum atomic E-state index is 14.7. The molecule has 0 saturated heterocycles. The van der Waals surface area contributed by atoms with Crippen LogP contribution in [0.2, 0.25) is 0 Å². The number of aromatic nitrogens is 2. The summed E-state index contributed by atoms with van der Waals surface area (Å²) >= 11 is 0. The van der Waals surface area contributed by atoms with Gasteiger partial charge in [0.15, 0.2) is 11.6 Å². The first-order chi connectivity index (χ1) is 16.8. The van der Waals surface area contributed by atoms with Gasteiger partial charge in [0.2, 0.25) is 0 Å². The van der Waals surface area contributed by atoms with E-state index in [9.17, 15) is 44.7 Å². The van der Waals surface area contributed by atoms with E-state index >= 15 is 0 Å². The van der Waals surface area contributed by atoms with Gasteiger partial charge in [0.1, 0.15) is 11.5 Å². The minimum Gasteiger partial charge on any atom is -0.315 e. The maximum Gasteiger partial charge on any atom is 0.471 e. The van der Waals surface area contributed by atoms with Crippen LogP contribution in [0.15, 0.2) is 60.9 Å². The Morgan fingerprint density at radius 1 is 0.806 bits per heavy atom. The number of ketones is 1. The van der Waals surface area contributed by atoms with Gasteiger partial charge < -0.3 is 9.72 Å². The molecule has 5 nitrogen and oxygen atoms in total. The van der Waals surface area contributed by atoms with Crippen LogP contribution >= 0.6 is 0 Å². The monoisotopic (exact) mass is 513 g/mol. The van der Waals surface area contributed by atoms with Crippen molar-refractivity contribution in [3.63, 3.8) is 0 Å². The molecular weight excluding hydrogens is 502 g/mol. The third-order valence-electron chi connectivity index (χ3n) is 5.04. The second-order valence-electron chi connectivity index (χ2n) is 7.44. The summed E-state index contributed by atoms with van der Waals surface area (Å²) < 4.78 is 107. The molecule has 0 unspecified atom stereocenters. The highest BCUT2D eigenvalue weighted by Crippen LogP contribution is 2.39. The number of carbonyl (C=O) groups excluding carboxylic acids is 2. The molecule has 0 spiro atoms. The molecular formula is C23H11F8N3O2. The Kier molecular flexibility index (Phi) is 6.02. The highest BCUT2D eigenvalue weighted by atomic mass is 19.4. The SMILES string of the molecule is O=C(c1ccc(F)cc1)c1ccc2nc(-c3ccc(C(F)(F)F)c(F)c3NC(=O)C(F)(F)F)cn2c1. The van der Waals surface area contributed by atoms with Gasteiger partial charge in [0, 0.05) is 29.1 Å². The van der Waals surface area contributed by atoms with E-state index in [-0.39, 0.29) is 22.5 Å². The van der Waals surface area contributed by atoms with Crippen LogP contribution in [0.3, 0.4) is 0 Å². The number of nitrogens with one attached hydrogen (secondary N) is 1. The Bertz CT molecular complexity index is 1490. The third-order valence-corrected chi connectivity index (χ3v) is 5.04. The molecule has 1 amide bonds. The van der Waals surface area contributed by atoms with Gasteiger partial charge in [-0.3, -0.25) is 9.59 Å². The Morgan fingerprint density at radius 3 is 2.06 bits per heavy atom. The Balaban J connectivity index is 1.80. The second kappa shape index (κ2) is 8.73. The summed E-state index contributed by atoms with van der Waals surface area (Å²) in [6, 6.07) is 8.31. The predicted octanol–water partition coefficient (Wildman–Crippen LogP) is 6.03. The second-order valence-corrected chi connectivity index (χ2v) is 7.44. The van der Waals surface area contributed by atoms with Gasteiger partial charge in [0.05, 0.1) is 16.9 Å². The molecule has 0 aliphatic rings. The molecule has 13 heteroatoms. The smallest absolute Gasteiger partial charge is 0.315 e. The number of imidazole rings is 1. The molecule has 0 aliphatic heterocycles. The molecule has 0 radical (unpaired) electrons. The van der Waals surface area contributed by atoms with Crippen LogP contribution in [-0.2, 0) is 11.0 Å². The Morgan fingerprint density at radius 2 is 1.44 bits per heavy atom. The van der Waals surface area contributed by atoms with Gasteiger partial charge in [-0.1, -0.05) is 0 Å². The average molecular weight is 513 g/mol. The fourth-order valence-electron chi connectivity index (χ4n) is 3.34. The molecule has 4 rings (SSSR count). The van der Waals surface area contributed by atoms with Gasteiger partial charge >= 0.3 is 18.3 Å². The van der Waals surface area contributed by atoms with Gasteiger partial charge in [0.25, 0.3) is 0 Å². The lowest BCUT2D eigenvalue weighted by Crippen LogP contribution is -2.31. The molecule has 0 fully saturated rings. The van der Waals surface area contributed by atoms with Crippen molar-refractivity contribution in [2.24, 2.45) is 0 Å². The van der Waals surface area contributed by atoms with Crippen molar-refractivity contribution in [3.8, 4) is 11.3 Å². The fraction of sp³-hybridized carbons (Fsp3) is 0.0870. The summed E-state index contributed by atoms with van der Waals surface area (Å²) in [5.74, 6) is -5.87. The number of rotatable bonds is 4. The number of halogens is 8. The summed E-state index contributed by atoms with van der Waals surface area (Å²) in [5.41, 5.74) is -3.74. The number of nitrogens with zero attached hydrogens (tertiary/aromatic N) is 2. The third kappa shape index (κ3) is 4.76. The zero-order valence-electron chi connectivity index (χ0n) is 17.5. The molecule has 0 aliphatic carbocycles. The van der Waals surface area contributed by atoms with Gasteiger partial charge in [-0.05, 0) is 48.5 Å². The number of anilines is 1. The van der Waals surface area contributed by atoms with Crippen LogP contribution in [-0.4, -0.2) is 27.3 Å². The van der Waals surface area contributed by atoms with Crippen LogP contribution < -0.4 is 5.32 Å². The minimum atomic E-state index is -5.51. The number of carbonyl (C=O) groups is 2. The van der Waals surface area contributed by atoms with Crippen molar-refractivity contribution in [2.75, 3.05) is 5.32 Å². The molecule has 186 valence electrons. The zero-order chi connectivity index (χ0) is 26.4. The molecule has 2 aromatic carbocycles. The average Bonchev–Trinajstić information content (AvgIpc) is 3.22. The summed E-state index contributed by atoms with van der Waals surface area (Å²) in [4.78, 5) is 28.1. The van der Waals surface area contributed by atoms with Gasteiger partial charge in [-0.2, -0.15) is 26.3 Å². The first-order valence-corrected chi connectivity index (χ1v) is 9.83. The van der Waals surface area contributed by atoms with Crippen molar-refractivity contribution in [1.29, 1.82) is 0 Å². The van der Waals surface area contributed by atoms with E-state index in [1.54, 1.807) is 0 Å². The summed E-state index contributed by atoms with van der Waals surface area (Å²) in [6.45, 7) is 0. The van der Waals surface area contributed by atoms with E-state index in [1.807, 2.05) is 0 Å². The molecule has 2 heterocycles. The van der Waals surface area contributed by atoms with E-state index in [1.165, 1.54) is 34.9 Å². The lowest BCUT2D eigenvalue weighted by molar-refractivity contribution is -0.167. The van der Waals surface area contributed by atoms with Crippen LogP contribution in [0.5, 0.6) is 0 Å². The van der Waals surface area contributed by atoms with Crippen LogP contribution in [0.1, 0.15) is 21.5 Å². The lowest BCUT2D eigenvalue weighted by atomic mass is 10.0. The summed E-state index contributed by atoms with van der Waals surface area (Å²) in [6.07, 6.45) is -8.37. The number of fused-ring (bicyclic) bond motifs is 1. The topological polar surface area (TPSA) is 63.5 Å². The summed E-state index contributed by atoms with van der Waals surface area (Å²) in [5, 5.41) is 1.16. The molecule has 2 aromatic heterocycles. The van der Waals surface area contributed by atoms with Crippen LogP contribution in [0.25, 0.3) is 16.9 Å². The normalized spacial score (nSPS) is 12.1. The Labute approximate surface area is 196 Å². The van der Waals surface area contributed by atoms with E-state index < -0.39 is 52.5 Å². The van der Waals surface area contributed by atoms with Crippen molar-refractivity contribution in [3.05, 3.63) is 89.2 Å². The van der Waals surface area contributed by atoms with Gasteiger partial charge in [-0.15, -0.1) is 0 Å². The molecule has 4 aromatic rings.